The number of amides is 1. The van der Waals surface area contributed by atoms with Gasteiger partial charge < -0.3 is 40.3 Å². The standard InChI is InChI=1S/C55H103NO8/c1-3-5-7-9-11-13-15-17-19-21-23-25-27-29-31-33-35-37-39-41-43-45-51(59)56-48(47-63-55-54(62)53(61)52(60)50(46-57)64-55)49(58)44-42-40-38-36-34-32-30-28-26-24-22-20-18-16-14-12-10-8-6-4-2/h25,27,34,36,42,44,48-50,52-55,57-58,60-62H,3-24,26,28-33,35,37-41,43,45-47H2,1-2H3,(H,56,59)/b27-25-,36-34+,44-42+. The first kappa shape index (κ1) is 60.4. The maximum absolute atomic E-state index is 13.0. The normalized spacial score (nSPS) is 20.3. The first-order chi connectivity index (χ1) is 31.3. The van der Waals surface area contributed by atoms with Gasteiger partial charge in [0.15, 0.2) is 6.29 Å². The third-order valence-corrected chi connectivity index (χ3v) is 12.9. The number of nitrogens with one attached hydrogen (secondary N) is 1. The molecule has 0 aromatic rings. The number of unbranched alkanes of at least 4 members (excludes halogenated alkanes) is 32. The van der Waals surface area contributed by atoms with Gasteiger partial charge in [-0.25, -0.2) is 0 Å². The molecular weight excluding hydrogens is 803 g/mol. The average molecular weight is 906 g/mol. The van der Waals surface area contributed by atoms with Crippen LogP contribution in [0.1, 0.15) is 251 Å². The minimum atomic E-state index is -1.57. The molecule has 7 unspecified atom stereocenters. The van der Waals surface area contributed by atoms with Crippen LogP contribution < -0.4 is 5.32 Å². The number of aliphatic hydroxyl groups is 5. The molecule has 1 amide bonds. The summed E-state index contributed by atoms with van der Waals surface area (Å²) in [6.45, 7) is 3.78. The Balaban J connectivity index is 2.29. The SMILES string of the molecule is CCCCCCCCCCCC/C=C\CCCCCCCCCC(=O)NC(COC1OC(CO)C(O)C(O)C1O)C(O)/C=C/CC/C=C/CCCCCCCCCCCCCCCC. The van der Waals surface area contributed by atoms with Gasteiger partial charge >= 0.3 is 0 Å². The Morgan fingerprint density at radius 3 is 1.31 bits per heavy atom. The molecule has 0 aliphatic carbocycles. The molecule has 0 saturated carbocycles. The van der Waals surface area contributed by atoms with E-state index in [1.165, 1.54) is 180 Å². The molecule has 0 spiro atoms. The fraction of sp³-hybridized carbons (Fsp3) is 0.873. The first-order valence-electron chi connectivity index (χ1n) is 27.2. The number of ether oxygens (including phenoxy) is 2. The van der Waals surface area contributed by atoms with Gasteiger partial charge in [-0.3, -0.25) is 4.79 Å². The maximum Gasteiger partial charge on any atom is 0.220 e. The third kappa shape index (κ3) is 34.7. The second kappa shape index (κ2) is 45.2. The van der Waals surface area contributed by atoms with Crippen LogP contribution in [0, 0.1) is 0 Å². The van der Waals surface area contributed by atoms with E-state index in [9.17, 15) is 30.3 Å². The number of carbonyl (C=O) groups excluding carboxylic acids is 1. The van der Waals surface area contributed by atoms with Crippen molar-refractivity contribution in [2.75, 3.05) is 13.2 Å². The number of hydrogen-bond acceptors (Lipinski definition) is 8. The van der Waals surface area contributed by atoms with Gasteiger partial charge in [-0.15, -0.1) is 0 Å². The van der Waals surface area contributed by atoms with Crippen molar-refractivity contribution in [1.82, 2.24) is 5.32 Å². The van der Waals surface area contributed by atoms with Gasteiger partial charge in [0.05, 0.1) is 25.4 Å². The van der Waals surface area contributed by atoms with Gasteiger partial charge in [0.2, 0.25) is 5.91 Å². The lowest BCUT2D eigenvalue weighted by molar-refractivity contribution is -0.302. The van der Waals surface area contributed by atoms with Crippen LogP contribution in [0.5, 0.6) is 0 Å². The molecular formula is C55H103NO8. The number of carbonyl (C=O) groups is 1. The lowest BCUT2D eigenvalue weighted by atomic mass is 9.99. The number of rotatable bonds is 46. The van der Waals surface area contributed by atoms with Crippen LogP contribution in [0.25, 0.3) is 0 Å². The van der Waals surface area contributed by atoms with Crippen LogP contribution in [0.4, 0.5) is 0 Å². The van der Waals surface area contributed by atoms with Gasteiger partial charge in [0.1, 0.15) is 24.4 Å². The highest BCUT2D eigenvalue weighted by Crippen LogP contribution is 2.23. The minimum absolute atomic E-state index is 0.189. The summed E-state index contributed by atoms with van der Waals surface area (Å²) in [5.41, 5.74) is 0. The van der Waals surface area contributed by atoms with Crippen molar-refractivity contribution in [3.8, 4) is 0 Å². The Labute approximate surface area is 393 Å². The molecule has 1 fully saturated rings. The number of aliphatic hydroxyl groups excluding tert-OH is 5. The zero-order valence-corrected chi connectivity index (χ0v) is 41.5. The molecule has 64 heavy (non-hydrogen) atoms. The van der Waals surface area contributed by atoms with Crippen molar-refractivity contribution in [2.45, 2.75) is 294 Å². The fourth-order valence-corrected chi connectivity index (χ4v) is 8.58. The maximum atomic E-state index is 13.0. The largest absolute Gasteiger partial charge is 0.394 e. The van der Waals surface area contributed by atoms with E-state index in [4.69, 9.17) is 9.47 Å². The molecule has 9 heteroatoms. The van der Waals surface area contributed by atoms with Crippen LogP contribution in [-0.4, -0.2) is 87.5 Å². The number of hydrogen-bond donors (Lipinski definition) is 6. The predicted octanol–water partition coefficient (Wildman–Crippen LogP) is 12.8. The van der Waals surface area contributed by atoms with Crippen molar-refractivity contribution < 1.29 is 39.8 Å². The quantitative estimate of drug-likeness (QED) is 0.0261. The van der Waals surface area contributed by atoms with Crippen LogP contribution in [0.2, 0.25) is 0 Å². The van der Waals surface area contributed by atoms with Crippen LogP contribution in [0.15, 0.2) is 36.5 Å². The van der Waals surface area contributed by atoms with E-state index in [2.05, 4.69) is 43.5 Å². The monoisotopic (exact) mass is 906 g/mol. The summed E-state index contributed by atoms with van der Waals surface area (Å²) in [4.78, 5) is 13.0. The zero-order valence-electron chi connectivity index (χ0n) is 41.5. The topological polar surface area (TPSA) is 149 Å². The summed E-state index contributed by atoms with van der Waals surface area (Å²) in [5.74, 6) is -0.189. The highest BCUT2D eigenvalue weighted by molar-refractivity contribution is 5.76. The molecule has 6 N–H and O–H groups in total. The molecule has 1 saturated heterocycles. The molecule has 0 bridgehead atoms. The van der Waals surface area contributed by atoms with Crippen molar-refractivity contribution in [3.63, 3.8) is 0 Å². The Morgan fingerprint density at radius 1 is 0.516 bits per heavy atom. The molecule has 1 heterocycles. The summed E-state index contributed by atoms with van der Waals surface area (Å²) in [7, 11) is 0. The van der Waals surface area contributed by atoms with Gasteiger partial charge in [-0.05, 0) is 57.8 Å². The predicted molar refractivity (Wildman–Crippen MR) is 267 cm³/mol. The van der Waals surface area contributed by atoms with Gasteiger partial charge in [-0.2, -0.15) is 0 Å². The summed E-state index contributed by atoms with van der Waals surface area (Å²) < 4.78 is 11.2. The molecule has 0 aromatic carbocycles. The summed E-state index contributed by atoms with van der Waals surface area (Å²) in [6.07, 6.45) is 50.6. The molecule has 376 valence electrons. The Morgan fingerprint density at radius 2 is 0.891 bits per heavy atom. The average Bonchev–Trinajstić information content (AvgIpc) is 3.29. The lowest BCUT2D eigenvalue weighted by Gasteiger charge is -2.40. The van der Waals surface area contributed by atoms with Crippen molar-refractivity contribution >= 4 is 5.91 Å². The lowest BCUT2D eigenvalue weighted by Crippen LogP contribution is -2.60. The molecule has 0 aromatic heterocycles. The van der Waals surface area contributed by atoms with E-state index in [0.717, 1.165) is 51.4 Å². The molecule has 1 aliphatic rings. The van der Waals surface area contributed by atoms with Crippen LogP contribution in [-0.2, 0) is 14.3 Å². The van der Waals surface area contributed by atoms with E-state index >= 15 is 0 Å². The summed E-state index contributed by atoms with van der Waals surface area (Å²) in [5, 5.41) is 54.4. The molecule has 0 radical (unpaired) electrons. The Hall–Kier alpha value is -1.59. The van der Waals surface area contributed by atoms with Crippen LogP contribution in [0.3, 0.4) is 0 Å². The van der Waals surface area contributed by atoms with Gasteiger partial charge in [0.25, 0.3) is 0 Å². The van der Waals surface area contributed by atoms with Crippen molar-refractivity contribution in [3.05, 3.63) is 36.5 Å². The number of allylic oxidation sites excluding steroid dienone is 5. The molecule has 7 atom stereocenters. The van der Waals surface area contributed by atoms with E-state index < -0.39 is 49.5 Å². The first-order valence-corrected chi connectivity index (χ1v) is 27.2. The summed E-state index contributed by atoms with van der Waals surface area (Å²) >= 11 is 0. The van der Waals surface area contributed by atoms with E-state index in [0.29, 0.717) is 6.42 Å². The second-order valence-electron chi connectivity index (χ2n) is 19.0. The Bertz CT molecular complexity index is 1100. The molecule has 1 rings (SSSR count). The third-order valence-electron chi connectivity index (χ3n) is 12.9. The van der Waals surface area contributed by atoms with Crippen LogP contribution >= 0.6 is 0 Å². The van der Waals surface area contributed by atoms with E-state index in [-0.39, 0.29) is 12.5 Å². The highest BCUT2D eigenvalue weighted by atomic mass is 16.7. The van der Waals surface area contributed by atoms with Crippen molar-refractivity contribution in [1.29, 1.82) is 0 Å². The highest BCUT2D eigenvalue weighted by Gasteiger charge is 2.44. The van der Waals surface area contributed by atoms with Gasteiger partial charge in [-0.1, -0.05) is 224 Å². The minimum Gasteiger partial charge on any atom is -0.394 e. The molecule has 1 aliphatic heterocycles. The fourth-order valence-electron chi connectivity index (χ4n) is 8.58. The van der Waals surface area contributed by atoms with E-state index in [1.54, 1.807) is 6.08 Å². The molecule has 9 nitrogen and oxygen atoms in total. The second-order valence-corrected chi connectivity index (χ2v) is 19.0. The smallest absolute Gasteiger partial charge is 0.220 e. The van der Waals surface area contributed by atoms with Crippen molar-refractivity contribution in [2.24, 2.45) is 0 Å². The summed E-state index contributed by atoms with van der Waals surface area (Å²) in [6, 6.07) is -0.823. The van der Waals surface area contributed by atoms with E-state index in [1.807, 2.05) is 6.08 Å². The zero-order chi connectivity index (χ0) is 46.6. The van der Waals surface area contributed by atoms with Gasteiger partial charge in [0, 0.05) is 6.42 Å². The Kier molecular flexibility index (Phi) is 42.7.